The molecule has 7 heteroatoms. The van der Waals surface area contributed by atoms with E-state index in [0.29, 0.717) is 17.5 Å². The number of furan rings is 1. The molecule has 2 aromatic carbocycles. The lowest BCUT2D eigenvalue weighted by Crippen LogP contribution is -2.12. The molecule has 0 radical (unpaired) electrons. The Morgan fingerprint density at radius 2 is 1.88 bits per heavy atom. The van der Waals surface area contributed by atoms with Crippen LogP contribution in [0.2, 0.25) is 0 Å². The van der Waals surface area contributed by atoms with Crippen molar-refractivity contribution >= 4 is 11.6 Å². The molecule has 2 heterocycles. The van der Waals surface area contributed by atoms with Crippen LogP contribution in [-0.2, 0) is 0 Å². The molecule has 0 aliphatic heterocycles. The largest absolute Gasteiger partial charge is 0.495 e. The molecule has 1 amide bonds. The quantitative estimate of drug-likeness (QED) is 0.377. The molecule has 1 saturated carbocycles. The number of halogens is 1. The van der Waals surface area contributed by atoms with Gasteiger partial charge in [0.15, 0.2) is 5.76 Å². The lowest BCUT2D eigenvalue weighted by atomic mass is 10.0. The fourth-order valence-electron chi connectivity index (χ4n) is 4.47. The Morgan fingerprint density at radius 3 is 2.58 bits per heavy atom. The minimum absolute atomic E-state index is 0.213. The first kappa shape index (κ1) is 21.0. The number of imidazole rings is 1. The number of carbonyl (C=O) groups excluding carboxylic acids is 1. The molecule has 6 nitrogen and oxygen atoms in total. The maximum absolute atomic E-state index is 13.6. The van der Waals surface area contributed by atoms with Crippen LogP contribution in [0.1, 0.15) is 42.3 Å². The third kappa shape index (κ3) is 4.14. The topological polar surface area (TPSA) is 69.3 Å². The summed E-state index contributed by atoms with van der Waals surface area (Å²) in [4.78, 5) is 17.3. The highest BCUT2D eigenvalue weighted by atomic mass is 19.1. The van der Waals surface area contributed by atoms with Gasteiger partial charge in [-0.1, -0.05) is 12.8 Å². The lowest BCUT2D eigenvalue weighted by Gasteiger charge is -2.18. The molecule has 1 fully saturated rings. The van der Waals surface area contributed by atoms with Gasteiger partial charge in [0.1, 0.15) is 11.6 Å². The minimum Gasteiger partial charge on any atom is -0.495 e. The van der Waals surface area contributed by atoms with Crippen LogP contribution in [0.4, 0.5) is 10.1 Å². The van der Waals surface area contributed by atoms with Gasteiger partial charge in [0, 0.05) is 17.2 Å². The van der Waals surface area contributed by atoms with E-state index in [2.05, 4.69) is 9.88 Å². The molecule has 33 heavy (non-hydrogen) atoms. The number of carbonyl (C=O) groups is 1. The van der Waals surface area contributed by atoms with Gasteiger partial charge in [0.25, 0.3) is 5.91 Å². The predicted molar refractivity (Wildman–Crippen MR) is 124 cm³/mol. The van der Waals surface area contributed by atoms with Crippen LogP contribution in [0.3, 0.4) is 0 Å². The molecule has 168 valence electrons. The highest BCUT2D eigenvalue weighted by Gasteiger charge is 2.24. The van der Waals surface area contributed by atoms with Crippen molar-refractivity contribution in [2.75, 3.05) is 12.4 Å². The number of nitrogens with one attached hydrogen (secondary N) is 1. The predicted octanol–water partition coefficient (Wildman–Crippen LogP) is 6.33. The normalized spacial score (nSPS) is 13.9. The smallest absolute Gasteiger partial charge is 0.291 e. The van der Waals surface area contributed by atoms with Crippen molar-refractivity contribution in [1.82, 2.24) is 9.55 Å². The van der Waals surface area contributed by atoms with E-state index in [-0.39, 0.29) is 17.5 Å². The number of hydrogen-bond donors (Lipinski definition) is 1. The van der Waals surface area contributed by atoms with E-state index in [1.807, 2.05) is 24.5 Å². The molecule has 4 aromatic rings. The second-order valence-electron chi connectivity index (χ2n) is 8.14. The number of nitrogens with zero attached hydrogens (tertiary/aromatic N) is 2. The molecule has 1 aliphatic carbocycles. The third-order valence-corrected chi connectivity index (χ3v) is 6.10. The first-order valence-electron chi connectivity index (χ1n) is 11.0. The fraction of sp³-hybridized carbons (Fsp3) is 0.231. The summed E-state index contributed by atoms with van der Waals surface area (Å²) in [5.74, 6) is 0.0979. The number of rotatable bonds is 6. The SMILES string of the molecule is COc1ccc(-c2c(-c3ccc(F)cc3)ncn2C2CCCC2)cc1NC(=O)c1ccco1. The average Bonchev–Trinajstić information content (AvgIpc) is 3.61. The van der Waals surface area contributed by atoms with Crippen LogP contribution < -0.4 is 10.1 Å². The van der Waals surface area contributed by atoms with Gasteiger partial charge in [0.2, 0.25) is 0 Å². The zero-order chi connectivity index (χ0) is 22.8. The minimum atomic E-state index is -0.362. The summed E-state index contributed by atoms with van der Waals surface area (Å²) in [5.41, 5.74) is 3.95. The first-order chi connectivity index (χ1) is 16.1. The van der Waals surface area contributed by atoms with Crippen LogP contribution >= 0.6 is 0 Å². The van der Waals surface area contributed by atoms with E-state index in [1.165, 1.54) is 31.2 Å². The summed E-state index contributed by atoms with van der Waals surface area (Å²) < 4.78 is 26.5. The fourth-order valence-corrected chi connectivity index (χ4v) is 4.47. The summed E-state index contributed by atoms with van der Waals surface area (Å²) in [6, 6.07) is 15.6. The Balaban J connectivity index is 1.60. The molecule has 5 rings (SSSR count). The second-order valence-corrected chi connectivity index (χ2v) is 8.14. The second kappa shape index (κ2) is 8.94. The summed E-state index contributed by atoms with van der Waals surface area (Å²) >= 11 is 0. The summed E-state index contributed by atoms with van der Waals surface area (Å²) in [5, 5.41) is 2.88. The Bertz CT molecular complexity index is 1260. The van der Waals surface area contributed by atoms with Crippen molar-refractivity contribution in [3.63, 3.8) is 0 Å². The molecule has 2 aromatic heterocycles. The van der Waals surface area contributed by atoms with Crippen molar-refractivity contribution < 1.29 is 18.3 Å². The van der Waals surface area contributed by atoms with Crippen molar-refractivity contribution in [1.29, 1.82) is 0 Å². The number of ether oxygens (including phenoxy) is 1. The molecule has 1 aliphatic rings. The highest BCUT2D eigenvalue weighted by molar-refractivity contribution is 6.03. The molecule has 1 N–H and O–H groups in total. The van der Waals surface area contributed by atoms with E-state index in [1.54, 1.807) is 31.4 Å². The standard InChI is InChI=1S/C26H24FN3O3/c1-32-22-13-10-18(15-21(22)29-26(31)23-7-4-14-33-23)25-24(17-8-11-19(27)12-9-17)28-16-30(25)20-5-2-3-6-20/h4,7-16,20H,2-3,5-6H2,1H3,(H,29,31). The zero-order valence-corrected chi connectivity index (χ0v) is 18.3. The molecule has 0 saturated heterocycles. The van der Waals surface area contributed by atoms with Crippen LogP contribution in [0.15, 0.2) is 71.6 Å². The van der Waals surface area contributed by atoms with Crippen molar-refractivity contribution in [3.05, 3.63) is 78.8 Å². The molecule has 0 bridgehead atoms. The van der Waals surface area contributed by atoms with Gasteiger partial charge >= 0.3 is 0 Å². The van der Waals surface area contributed by atoms with Crippen molar-refractivity contribution in [3.8, 4) is 28.3 Å². The van der Waals surface area contributed by atoms with Gasteiger partial charge in [-0.3, -0.25) is 4.79 Å². The van der Waals surface area contributed by atoms with Gasteiger partial charge in [0.05, 0.1) is 36.8 Å². The number of methoxy groups -OCH3 is 1. The maximum atomic E-state index is 13.6. The molecular weight excluding hydrogens is 421 g/mol. The van der Waals surface area contributed by atoms with Crippen LogP contribution in [0.25, 0.3) is 22.5 Å². The first-order valence-corrected chi connectivity index (χ1v) is 11.0. The van der Waals surface area contributed by atoms with E-state index in [9.17, 15) is 9.18 Å². The van der Waals surface area contributed by atoms with Gasteiger partial charge in [-0.15, -0.1) is 0 Å². The average molecular weight is 445 g/mol. The summed E-state index contributed by atoms with van der Waals surface area (Å²) in [6.45, 7) is 0. The molecule has 0 unspecified atom stereocenters. The number of anilines is 1. The Kier molecular flexibility index (Phi) is 5.69. The number of amides is 1. The van der Waals surface area contributed by atoms with E-state index in [4.69, 9.17) is 14.1 Å². The molecule has 0 spiro atoms. The lowest BCUT2D eigenvalue weighted by molar-refractivity contribution is 0.0996. The van der Waals surface area contributed by atoms with Crippen LogP contribution in [0, 0.1) is 5.82 Å². The maximum Gasteiger partial charge on any atom is 0.291 e. The van der Waals surface area contributed by atoms with Crippen LogP contribution in [0.5, 0.6) is 5.75 Å². The Morgan fingerprint density at radius 1 is 1.12 bits per heavy atom. The van der Waals surface area contributed by atoms with Gasteiger partial charge in [-0.25, -0.2) is 9.37 Å². The van der Waals surface area contributed by atoms with E-state index >= 15 is 0 Å². The number of hydrogen-bond acceptors (Lipinski definition) is 4. The Labute approximate surface area is 191 Å². The molecule has 0 atom stereocenters. The Hall–Kier alpha value is -3.87. The van der Waals surface area contributed by atoms with Crippen molar-refractivity contribution in [2.24, 2.45) is 0 Å². The van der Waals surface area contributed by atoms with E-state index in [0.717, 1.165) is 35.4 Å². The monoisotopic (exact) mass is 445 g/mol. The van der Waals surface area contributed by atoms with Gasteiger partial charge < -0.3 is 19.0 Å². The third-order valence-electron chi connectivity index (χ3n) is 6.10. The van der Waals surface area contributed by atoms with Gasteiger partial charge in [-0.05, 0) is 67.4 Å². The summed E-state index contributed by atoms with van der Waals surface area (Å²) in [6.07, 6.45) is 7.87. The summed E-state index contributed by atoms with van der Waals surface area (Å²) in [7, 11) is 1.56. The molecular formula is C26H24FN3O3. The number of aromatic nitrogens is 2. The highest BCUT2D eigenvalue weighted by Crippen LogP contribution is 2.40. The number of benzene rings is 2. The van der Waals surface area contributed by atoms with Crippen LogP contribution in [-0.4, -0.2) is 22.6 Å². The van der Waals surface area contributed by atoms with Crippen molar-refractivity contribution in [2.45, 2.75) is 31.7 Å². The van der Waals surface area contributed by atoms with E-state index < -0.39 is 0 Å². The zero-order valence-electron chi connectivity index (χ0n) is 18.3. The van der Waals surface area contributed by atoms with Gasteiger partial charge in [-0.2, -0.15) is 0 Å².